The third-order valence-corrected chi connectivity index (χ3v) is 2.63. The molecule has 1 aromatic carbocycles. The van der Waals surface area contributed by atoms with Crippen LogP contribution in [-0.2, 0) is 0 Å². The second-order valence-electron chi connectivity index (χ2n) is 3.94. The number of methoxy groups -OCH3 is 1. The van der Waals surface area contributed by atoms with Crippen LogP contribution in [0.25, 0.3) is 11.3 Å². The molecule has 0 saturated heterocycles. The van der Waals surface area contributed by atoms with Gasteiger partial charge in [0, 0.05) is 24.0 Å². The normalized spacial score (nSPS) is 12.2. The summed E-state index contributed by atoms with van der Waals surface area (Å²) in [5, 5.41) is 0. The number of aromatic nitrogens is 2. The first kappa shape index (κ1) is 12.4. The second kappa shape index (κ2) is 5.10. The molecule has 18 heavy (non-hydrogen) atoms. The van der Waals surface area contributed by atoms with E-state index in [9.17, 15) is 4.39 Å². The molecule has 0 bridgehead atoms. The molecule has 94 valence electrons. The van der Waals surface area contributed by atoms with Gasteiger partial charge < -0.3 is 10.5 Å². The van der Waals surface area contributed by atoms with E-state index in [1.54, 1.807) is 12.1 Å². The lowest BCUT2D eigenvalue weighted by Gasteiger charge is -2.10. The van der Waals surface area contributed by atoms with E-state index in [0.717, 1.165) is 5.56 Å². The Morgan fingerprint density at radius 3 is 2.67 bits per heavy atom. The fourth-order valence-corrected chi connectivity index (χ4v) is 1.67. The molecule has 1 heterocycles. The first-order chi connectivity index (χ1) is 8.63. The van der Waals surface area contributed by atoms with Crippen LogP contribution in [0.1, 0.15) is 18.5 Å². The number of halogens is 1. The number of hydrogen-bond donors (Lipinski definition) is 1. The maximum Gasteiger partial charge on any atom is 0.240 e. The molecule has 2 N–H and O–H groups in total. The lowest BCUT2D eigenvalue weighted by atomic mass is 10.0. The SMILES string of the molecule is COc1nccnc1-c1cc(C(C)N)ccc1F. The molecule has 0 aliphatic carbocycles. The lowest BCUT2D eigenvalue weighted by molar-refractivity contribution is 0.397. The molecule has 2 aromatic rings. The predicted octanol–water partition coefficient (Wildman–Crippen LogP) is 2.31. The summed E-state index contributed by atoms with van der Waals surface area (Å²) in [6.07, 6.45) is 2.99. The Labute approximate surface area is 105 Å². The van der Waals surface area contributed by atoms with Crippen molar-refractivity contribution in [2.24, 2.45) is 5.73 Å². The van der Waals surface area contributed by atoms with E-state index in [4.69, 9.17) is 10.5 Å². The molecular weight excluding hydrogens is 233 g/mol. The molecule has 5 heteroatoms. The summed E-state index contributed by atoms with van der Waals surface area (Å²) in [5.74, 6) is -0.0866. The van der Waals surface area contributed by atoms with Crippen LogP contribution in [0.5, 0.6) is 5.88 Å². The van der Waals surface area contributed by atoms with Crippen molar-refractivity contribution in [3.63, 3.8) is 0 Å². The van der Waals surface area contributed by atoms with Gasteiger partial charge in [0.15, 0.2) is 0 Å². The fourth-order valence-electron chi connectivity index (χ4n) is 1.67. The molecule has 0 aliphatic heterocycles. The Hall–Kier alpha value is -2.01. The Morgan fingerprint density at radius 2 is 2.00 bits per heavy atom. The number of nitrogens with zero attached hydrogens (tertiary/aromatic N) is 2. The van der Waals surface area contributed by atoms with Crippen molar-refractivity contribution in [1.82, 2.24) is 9.97 Å². The molecule has 0 fully saturated rings. The second-order valence-corrected chi connectivity index (χ2v) is 3.94. The quantitative estimate of drug-likeness (QED) is 0.904. The van der Waals surface area contributed by atoms with Gasteiger partial charge in [-0.1, -0.05) is 6.07 Å². The summed E-state index contributed by atoms with van der Waals surface area (Å²) in [6.45, 7) is 1.84. The van der Waals surface area contributed by atoms with E-state index >= 15 is 0 Å². The van der Waals surface area contributed by atoms with Gasteiger partial charge in [-0.2, -0.15) is 0 Å². The molecule has 0 saturated carbocycles. The molecular formula is C13H14FN3O. The van der Waals surface area contributed by atoms with Gasteiger partial charge in [0.2, 0.25) is 5.88 Å². The third-order valence-electron chi connectivity index (χ3n) is 2.63. The van der Waals surface area contributed by atoms with Crippen LogP contribution in [0, 0.1) is 5.82 Å². The van der Waals surface area contributed by atoms with Gasteiger partial charge in [-0.15, -0.1) is 0 Å². The molecule has 0 spiro atoms. The summed E-state index contributed by atoms with van der Waals surface area (Å²) in [7, 11) is 1.47. The number of rotatable bonds is 3. The van der Waals surface area contributed by atoms with Gasteiger partial charge in [0.25, 0.3) is 0 Å². The third kappa shape index (κ3) is 2.31. The highest BCUT2D eigenvalue weighted by atomic mass is 19.1. The first-order valence-corrected chi connectivity index (χ1v) is 5.54. The number of hydrogen-bond acceptors (Lipinski definition) is 4. The highest BCUT2D eigenvalue weighted by Crippen LogP contribution is 2.29. The minimum Gasteiger partial charge on any atom is -0.479 e. The molecule has 1 aromatic heterocycles. The van der Waals surface area contributed by atoms with Crippen LogP contribution in [0.15, 0.2) is 30.6 Å². The zero-order chi connectivity index (χ0) is 13.1. The van der Waals surface area contributed by atoms with E-state index in [1.165, 1.54) is 25.6 Å². The van der Waals surface area contributed by atoms with Gasteiger partial charge in [0.1, 0.15) is 11.5 Å². The van der Waals surface area contributed by atoms with E-state index in [2.05, 4.69) is 9.97 Å². The topological polar surface area (TPSA) is 61.0 Å². The van der Waals surface area contributed by atoms with Gasteiger partial charge >= 0.3 is 0 Å². The predicted molar refractivity (Wildman–Crippen MR) is 66.6 cm³/mol. The Morgan fingerprint density at radius 1 is 1.28 bits per heavy atom. The van der Waals surface area contributed by atoms with E-state index in [-0.39, 0.29) is 11.9 Å². The maximum atomic E-state index is 13.9. The van der Waals surface area contributed by atoms with Gasteiger partial charge in [-0.3, -0.25) is 0 Å². The van der Waals surface area contributed by atoms with Gasteiger partial charge in [-0.25, -0.2) is 14.4 Å². The number of benzene rings is 1. The summed E-state index contributed by atoms with van der Waals surface area (Å²) in [5.41, 5.74) is 7.34. The molecule has 1 unspecified atom stereocenters. The first-order valence-electron chi connectivity index (χ1n) is 5.54. The van der Waals surface area contributed by atoms with Crippen LogP contribution >= 0.6 is 0 Å². The number of nitrogens with two attached hydrogens (primary N) is 1. The van der Waals surface area contributed by atoms with Crippen LogP contribution in [0.3, 0.4) is 0 Å². The highest BCUT2D eigenvalue weighted by molar-refractivity contribution is 5.65. The van der Waals surface area contributed by atoms with Crippen molar-refractivity contribution in [2.75, 3.05) is 7.11 Å². The Bertz CT molecular complexity index is 558. The van der Waals surface area contributed by atoms with Crippen molar-refractivity contribution in [1.29, 1.82) is 0 Å². The molecule has 2 rings (SSSR count). The highest BCUT2D eigenvalue weighted by Gasteiger charge is 2.14. The largest absolute Gasteiger partial charge is 0.479 e. The maximum absolute atomic E-state index is 13.9. The summed E-state index contributed by atoms with van der Waals surface area (Å²) >= 11 is 0. The summed E-state index contributed by atoms with van der Waals surface area (Å²) in [4.78, 5) is 8.12. The Kier molecular flexibility index (Phi) is 3.53. The Balaban J connectivity index is 2.59. The average molecular weight is 247 g/mol. The zero-order valence-electron chi connectivity index (χ0n) is 10.2. The number of ether oxygens (including phenoxy) is 1. The smallest absolute Gasteiger partial charge is 0.240 e. The van der Waals surface area contributed by atoms with Crippen molar-refractivity contribution in [2.45, 2.75) is 13.0 Å². The molecule has 0 radical (unpaired) electrons. The van der Waals surface area contributed by atoms with Crippen molar-refractivity contribution in [3.05, 3.63) is 42.0 Å². The van der Waals surface area contributed by atoms with Crippen LogP contribution in [-0.4, -0.2) is 17.1 Å². The summed E-state index contributed by atoms with van der Waals surface area (Å²) < 4.78 is 19.0. The minimum absolute atomic E-state index is 0.174. The van der Waals surface area contributed by atoms with Crippen LogP contribution in [0.2, 0.25) is 0 Å². The zero-order valence-corrected chi connectivity index (χ0v) is 10.2. The van der Waals surface area contributed by atoms with Crippen LogP contribution < -0.4 is 10.5 Å². The molecule has 0 amide bonds. The molecule has 1 atom stereocenters. The van der Waals surface area contributed by atoms with Gasteiger partial charge in [-0.05, 0) is 24.6 Å². The standard InChI is InChI=1S/C13H14FN3O/c1-8(15)9-3-4-11(14)10(7-9)12-13(18-2)17-6-5-16-12/h3-8H,15H2,1-2H3. The summed E-state index contributed by atoms with van der Waals surface area (Å²) in [6, 6.07) is 4.54. The average Bonchev–Trinajstić information content (AvgIpc) is 2.39. The van der Waals surface area contributed by atoms with Crippen molar-refractivity contribution < 1.29 is 9.13 Å². The van der Waals surface area contributed by atoms with Gasteiger partial charge in [0.05, 0.1) is 7.11 Å². The van der Waals surface area contributed by atoms with E-state index in [0.29, 0.717) is 17.1 Å². The van der Waals surface area contributed by atoms with E-state index < -0.39 is 0 Å². The fraction of sp³-hybridized carbons (Fsp3) is 0.231. The lowest BCUT2D eigenvalue weighted by Crippen LogP contribution is -2.05. The van der Waals surface area contributed by atoms with Crippen molar-refractivity contribution in [3.8, 4) is 17.1 Å². The molecule has 0 aliphatic rings. The monoisotopic (exact) mass is 247 g/mol. The van der Waals surface area contributed by atoms with Crippen LogP contribution in [0.4, 0.5) is 4.39 Å². The minimum atomic E-state index is -0.377. The van der Waals surface area contributed by atoms with E-state index in [1.807, 2.05) is 6.92 Å². The van der Waals surface area contributed by atoms with Crippen molar-refractivity contribution >= 4 is 0 Å². The molecule has 4 nitrogen and oxygen atoms in total.